The zero-order valence-electron chi connectivity index (χ0n) is 9.66. The first-order valence-electron chi connectivity index (χ1n) is 5.42. The van der Waals surface area contributed by atoms with E-state index in [-0.39, 0.29) is 0 Å². The van der Waals surface area contributed by atoms with Crippen LogP contribution in [0, 0.1) is 20.8 Å². The van der Waals surface area contributed by atoms with Crippen molar-refractivity contribution in [2.75, 3.05) is 0 Å². The highest BCUT2D eigenvalue weighted by Gasteiger charge is 2.08. The molecule has 1 aromatic carbocycles. The van der Waals surface area contributed by atoms with Crippen LogP contribution < -0.4 is 0 Å². The number of nitrogens with zero attached hydrogens (tertiary/aromatic N) is 1. The van der Waals surface area contributed by atoms with E-state index in [4.69, 9.17) is 0 Å². The smallest absolute Gasteiger partial charge is 0.0720 e. The van der Waals surface area contributed by atoms with Gasteiger partial charge in [0.1, 0.15) is 0 Å². The van der Waals surface area contributed by atoms with Crippen LogP contribution in [0.3, 0.4) is 0 Å². The zero-order chi connectivity index (χ0) is 11.3. The lowest BCUT2D eigenvalue weighted by Gasteiger charge is -2.03. The highest BCUT2D eigenvalue weighted by atomic mass is 32.1. The number of pyridine rings is 1. The first-order chi connectivity index (χ1) is 7.65. The first-order valence-corrected chi connectivity index (χ1v) is 6.24. The van der Waals surface area contributed by atoms with E-state index in [9.17, 15) is 0 Å². The second-order valence-corrected chi connectivity index (χ2v) is 5.57. The molecule has 0 saturated heterocycles. The summed E-state index contributed by atoms with van der Waals surface area (Å²) in [7, 11) is 0. The summed E-state index contributed by atoms with van der Waals surface area (Å²) in [4.78, 5) is 6.02. The number of aromatic nitrogens is 1. The molecule has 0 aliphatic rings. The summed E-state index contributed by atoms with van der Waals surface area (Å²) in [6.07, 6.45) is 0. The second-order valence-electron chi connectivity index (χ2n) is 4.32. The summed E-state index contributed by atoms with van der Waals surface area (Å²) in [6, 6.07) is 8.72. The van der Waals surface area contributed by atoms with Gasteiger partial charge >= 0.3 is 0 Å². The number of hydrogen-bond acceptors (Lipinski definition) is 2. The van der Waals surface area contributed by atoms with Crippen LogP contribution in [0.1, 0.15) is 16.1 Å². The second kappa shape index (κ2) is 3.29. The van der Waals surface area contributed by atoms with Gasteiger partial charge in [-0.2, -0.15) is 0 Å². The van der Waals surface area contributed by atoms with Gasteiger partial charge in [0.05, 0.1) is 5.52 Å². The van der Waals surface area contributed by atoms with Crippen molar-refractivity contribution in [1.29, 1.82) is 0 Å². The fourth-order valence-corrected chi connectivity index (χ4v) is 3.24. The maximum atomic E-state index is 4.66. The van der Waals surface area contributed by atoms with E-state index in [1.165, 1.54) is 25.9 Å². The highest BCUT2D eigenvalue weighted by molar-refractivity contribution is 7.20. The maximum Gasteiger partial charge on any atom is 0.0720 e. The van der Waals surface area contributed by atoms with E-state index < -0.39 is 0 Å². The molecule has 0 aliphatic carbocycles. The van der Waals surface area contributed by atoms with Crippen LogP contribution >= 0.6 is 11.3 Å². The van der Waals surface area contributed by atoms with Gasteiger partial charge in [-0.25, -0.2) is 0 Å². The molecule has 0 spiro atoms. The van der Waals surface area contributed by atoms with Crippen LogP contribution in [0.5, 0.6) is 0 Å². The molecule has 0 N–H and O–H groups in total. The summed E-state index contributed by atoms with van der Waals surface area (Å²) in [6.45, 7) is 6.38. The number of thiophene rings is 1. The number of rotatable bonds is 0. The lowest BCUT2D eigenvalue weighted by Crippen LogP contribution is -1.85. The third kappa shape index (κ3) is 1.34. The Morgan fingerprint density at radius 1 is 1.00 bits per heavy atom. The van der Waals surface area contributed by atoms with Crippen LogP contribution in [0.15, 0.2) is 24.3 Å². The third-order valence-corrected chi connectivity index (χ3v) is 4.01. The van der Waals surface area contributed by atoms with Crippen molar-refractivity contribution in [3.05, 3.63) is 40.4 Å². The van der Waals surface area contributed by atoms with Gasteiger partial charge in [-0.3, -0.25) is 4.98 Å². The maximum absolute atomic E-state index is 4.66. The standard InChI is InChI=1S/C14H13NS/c1-8-4-5-13-12(6-8)14-11(10(3)15-13)7-9(2)16-14/h4-7H,1-3H3. The van der Waals surface area contributed by atoms with E-state index in [2.05, 4.69) is 50.0 Å². The Kier molecular flexibility index (Phi) is 2.01. The average molecular weight is 227 g/mol. The van der Waals surface area contributed by atoms with E-state index in [0.29, 0.717) is 0 Å². The lowest BCUT2D eigenvalue weighted by atomic mass is 10.1. The molecule has 16 heavy (non-hydrogen) atoms. The van der Waals surface area contributed by atoms with Gasteiger partial charge in [0.15, 0.2) is 0 Å². The molecule has 0 radical (unpaired) electrons. The lowest BCUT2D eigenvalue weighted by molar-refractivity contribution is 1.29. The molecule has 2 heterocycles. The molecule has 0 saturated carbocycles. The minimum Gasteiger partial charge on any atom is -0.252 e. The van der Waals surface area contributed by atoms with Crippen molar-refractivity contribution in [3.8, 4) is 0 Å². The summed E-state index contributed by atoms with van der Waals surface area (Å²) in [5, 5.41) is 2.60. The quantitative estimate of drug-likeness (QED) is 0.555. The van der Waals surface area contributed by atoms with Gasteiger partial charge in [0.25, 0.3) is 0 Å². The van der Waals surface area contributed by atoms with Crippen LogP contribution in [0.4, 0.5) is 0 Å². The van der Waals surface area contributed by atoms with E-state index in [1.807, 2.05) is 11.3 Å². The predicted molar refractivity (Wildman–Crippen MR) is 71.3 cm³/mol. The molecular formula is C14H13NS. The molecule has 2 heteroatoms. The van der Waals surface area contributed by atoms with E-state index in [0.717, 1.165) is 11.2 Å². The summed E-state index contributed by atoms with van der Waals surface area (Å²) in [5.74, 6) is 0. The Labute approximate surface area is 98.7 Å². The Morgan fingerprint density at radius 2 is 1.81 bits per heavy atom. The molecule has 0 unspecified atom stereocenters. The average Bonchev–Trinajstić information content (AvgIpc) is 2.62. The number of aryl methyl sites for hydroxylation is 3. The Morgan fingerprint density at radius 3 is 2.62 bits per heavy atom. The fraction of sp³-hybridized carbons (Fsp3) is 0.214. The molecule has 3 rings (SSSR count). The monoisotopic (exact) mass is 227 g/mol. The Hall–Kier alpha value is -1.41. The zero-order valence-corrected chi connectivity index (χ0v) is 10.5. The van der Waals surface area contributed by atoms with Gasteiger partial charge in [0, 0.05) is 26.0 Å². The molecule has 0 aliphatic heterocycles. The van der Waals surface area contributed by atoms with Crippen LogP contribution in [0.2, 0.25) is 0 Å². The minimum absolute atomic E-state index is 1.11. The molecule has 3 aromatic rings. The van der Waals surface area contributed by atoms with Crippen LogP contribution in [-0.4, -0.2) is 4.98 Å². The predicted octanol–water partition coefficient (Wildman–Crippen LogP) is 4.37. The molecule has 80 valence electrons. The van der Waals surface area contributed by atoms with Gasteiger partial charge in [-0.15, -0.1) is 11.3 Å². The minimum atomic E-state index is 1.11. The van der Waals surface area contributed by atoms with Gasteiger partial charge in [0.2, 0.25) is 0 Å². The molecule has 1 nitrogen and oxygen atoms in total. The van der Waals surface area contributed by atoms with Gasteiger partial charge < -0.3 is 0 Å². The number of hydrogen-bond donors (Lipinski definition) is 0. The van der Waals surface area contributed by atoms with Crippen molar-refractivity contribution in [2.24, 2.45) is 0 Å². The number of benzene rings is 1. The number of fused-ring (bicyclic) bond motifs is 3. The first kappa shape index (κ1) is 9.79. The normalized spacial score (nSPS) is 11.4. The summed E-state index contributed by atoms with van der Waals surface area (Å²) < 4.78 is 1.38. The summed E-state index contributed by atoms with van der Waals surface area (Å²) >= 11 is 1.86. The van der Waals surface area contributed by atoms with Crippen LogP contribution in [0.25, 0.3) is 21.0 Å². The van der Waals surface area contributed by atoms with Gasteiger partial charge in [-0.1, -0.05) is 11.6 Å². The molecule has 0 amide bonds. The molecule has 2 aromatic heterocycles. The Balaban J connectivity index is 2.59. The summed E-state index contributed by atoms with van der Waals surface area (Å²) in [5.41, 5.74) is 3.54. The van der Waals surface area contributed by atoms with E-state index in [1.54, 1.807) is 0 Å². The van der Waals surface area contributed by atoms with Crippen molar-refractivity contribution in [1.82, 2.24) is 4.98 Å². The van der Waals surface area contributed by atoms with Gasteiger partial charge in [-0.05, 0) is 39.0 Å². The SMILES string of the molecule is Cc1ccc2nc(C)c3cc(C)sc3c2c1. The Bertz CT molecular complexity index is 695. The third-order valence-electron chi connectivity index (χ3n) is 2.93. The van der Waals surface area contributed by atoms with Crippen LogP contribution in [-0.2, 0) is 0 Å². The van der Waals surface area contributed by atoms with E-state index >= 15 is 0 Å². The van der Waals surface area contributed by atoms with Crippen molar-refractivity contribution >= 4 is 32.3 Å². The molecular weight excluding hydrogens is 214 g/mol. The van der Waals surface area contributed by atoms with Crippen molar-refractivity contribution in [3.63, 3.8) is 0 Å². The fourth-order valence-electron chi connectivity index (χ4n) is 2.15. The molecule has 0 atom stereocenters. The largest absolute Gasteiger partial charge is 0.252 e. The van der Waals surface area contributed by atoms with Crippen molar-refractivity contribution in [2.45, 2.75) is 20.8 Å². The molecule has 0 fully saturated rings. The topological polar surface area (TPSA) is 12.9 Å². The van der Waals surface area contributed by atoms with Crippen molar-refractivity contribution < 1.29 is 0 Å². The highest BCUT2D eigenvalue weighted by Crippen LogP contribution is 2.33. The molecule has 0 bridgehead atoms.